The number of aliphatic imine (C=N–C) groups is 1. The zero-order chi connectivity index (χ0) is 20.6. The molecule has 3 aromatic rings. The van der Waals surface area contributed by atoms with Gasteiger partial charge in [0, 0.05) is 18.0 Å². The number of hydrogen-bond acceptors (Lipinski definition) is 4. The van der Waals surface area contributed by atoms with Crippen molar-refractivity contribution in [2.45, 2.75) is 27.3 Å². The van der Waals surface area contributed by atoms with E-state index in [9.17, 15) is 0 Å². The van der Waals surface area contributed by atoms with Crippen LogP contribution in [-0.2, 0) is 6.54 Å². The summed E-state index contributed by atoms with van der Waals surface area (Å²) < 4.78 is 11.3. The summed E-state index contributed by atoms with van der Waals surface area (Å²) in [5.74, 6) is 2.36. The lowest BCUT2D eigenvalue weighted by Crippen LogP contribution is -2.22. The summed E-state index contributed by atoms with van der Waals surface area (Å²) >= 11 is 0. The Labute approximate surface area is 171 Å². The van der Waals surface area contributed by atoms with Crippen molar-refractivity contribution in [1.29, 1.82) is 0 Å². The van der Waals surface area contributed by atoms with E-state index in [1.165, 1.54) is 11.1 Å². The molecule has 1 aromatic heterocycles. The first-order chi connectivity index (χ1) is 14.0. The van der Waals surface area contributed by atoms with Gasteiger partial charge in [-0.15, -0.1) is 0 Å². The van der Waals surface area contributed by atoms with Crippen molar-refractivity contribution < 1.29 is 9.47 Å². The highest BCUT2D eigenvalue weighted by Gasteiger charge is 2.03. The Balaban J connectivity index is 1.61. The number of rotatable bonds is 7. The standard InChI is InChI=1S/C23H26N4O2/c1-4-28-20-7-9-21(10-8-20)29-22-14-18(11-12-25-22)15-26-23(24)27-19-6-5-16(2)17(3)13-19/h5-14H,4,15H2,1-3H3,(H3,24,26,27). The maximum atomic E-state index is 6.02. The third-order valence-electron chi connectivity index (χ3n) is 4.37. The lowest BCUT2D eigenvalue weighted by Gasteiger charge is -2.09. The maximum absolute atomic E-state index is 6.02. The van der Waals surface area contributed by atoms with Crippen LogP contribution in [0.2, 0.25) is 0 Å². The summed E-state index contributed by atoms with van der Waals surface area (Å²) in [4.78, 5) is 8.66. The molecule has 0 fully saturated rings. The molecule has 1 heterocycles. The minimum Gasteiger partial charge on any atom is -0.494 e. The normalized spacial score (nSPS) is 11.2. The molecule has 0 amide bonds. The van der Waals surface area contributed by atoms with Crippen molar-refractivity contribution in [3.05, 3.63) is 77.5 Å². The first kappa shape index (κ1) is 20.2. The van der Waals surface area contributed by atoms with Crippen molar-refractivity contribution in [1.82, 2.24) is 4.98 Å². The highest BCUT2D eigenvalue weighted by Crippen LogP contribution is 2.23. The quantitative estimate of drug-likeness (QED) is 0.447. The van der Waals surface area contributed by atoms with E-state index < -0.39 is 0 Å². The highest BCUT2D eigenvalue weighted by molar-refractivity contribution is 5.92. The topological polar surface area (TPSA) is 81.8 Å². The third kappa shape index (κ3) is 5.97. The van der Waals surface area contributed by atoms with Gasteiger partial charge in [-0.1, -0.05) is 6.07 Å². The van der Waals surface area contributed by atoms with Crippen molar-refractivity contribution in [3.63, 3.8) is 0 Å². The molecule has 0 unspecified atom stereocenters. The lowest BCUT2D eigenvalue weighted by molar-refractivity contribution is 0.339. The number of nitrogens with zero attached hydrogens (tertiary/aromatic N) is 2. The number of ether oxygens (including phenoxy) is 2. The number of nitrogens with one attached hydrogen (secondary N) is 1. The Morgan fingerprint density at radius 3 is 2.48 bits per heavy atom. The molecule has 0 saturated heterocycles. The van der Waals surface area contributed by atoms with E-state index in [0.29, 0.717) is 30.7 Å². The summed E-state index contributed by atoms with van der Waals surface area (Å²) in [5.41, 5.74) is 10.3. The average molecular weight is 390 g/mol. The van der Waals surface area contributed by atoms with Crippen LogP contribution in [0.25, 0.3) is 0 Å². The Morgan fingerprint density at radius 1 is 1.00 bits per heavy atom. The summed E-state index contributed by atoms with van der Waals surface area (Å²) in [6, 6.07) is 17.3. The Hall–Kier alpha value is -3.54. The lowest BCUT2D eigenvalue weighted by atomic mass is 10.1. The van der Waals surface area contributed by atoms with E-state index in [2.05, 4.69) is 35.2 Å². The predicted molar refractivity (Wildman–Crippen MR) is 117 cm³/mol. The molecule has 3 N–H and O–H groups in total. The van der Waals surface area contributed by atoms with Crippen molar-refractivity contribution in [3.8, 4) is 17.4 Å². The van der Waals surface area contributed by atoms with Crippen molar-refractivity contribution >= 4 is 11.6 Å². The van der Waals surface area contributed by atoms with Crippen LogP contribution >= 0.6 is 0 Å². The molecule has 0 saturated carbocycles. The van der Waals surface area contributed by atoms with E-state index in [1.807, 2.05) is 55.5 Å². The van der Waals surface area contributed by atoms with Crippen LogP contribution in [0, 0.1) is 13.8 Å². The van der Waals surface area contributed by atoms with E-state index in [4.69, 9.17) is 15.2 Å². The smallest absolute Gasteiger partial charge is 0.219 e. The summed E-state index contributed by atoms with van der Waals surface area (Å²) in [6.07, 6.45) is 1.70. The molecule has 3 rings (SSSR count). The van der Waals surface area contributed by atoms with Crippen LogP contribution in [0.5, 0.6) is 17.4 Å². The molecule has 6 heteroatoms. The van der Waals surface area contributed by atoms with E-state index in [1.54, 1.807) is 6.20 Å². The number of hydrogen-bond donors (Lipinski definition) is 2. The van der Waals surface area contributed by atoms with Gasteiger partial charge in [0.15, 0.2) is 5.96 Å². The van der Waals surface area contributed by atoms with Crippen LogP contribution in [0.1, 0.15) is 23.6 Å². The van der Waals surface area contributed by atoms with Gasteiger partial charge in [-0.25, -0.2) is 9.98 Å². The molecule has 0 aliphatic heterocycles. The van der Waals surface area contributed by atoms with Crippen LogP contribution in [0.3, 0.4) is 0 Å². The maximum Gasteiger partial charge on any atom is 0.219 e. The van der Waals surface area contributed by atoms with E-state index in [-0.39, 0.29) is 0 Å². The van der Waals surface area contributed by atoms with Crippen LogP contribution in [0.4, 0.5) is 5.69 Å². The van der Waals surface area contributed by atoms with Gasteiger partial charge < -0.3 is 20.5 Å². The fourth-order valence-corrected chi connectivity index (χ4v) is 2.68. The van der Waals surface area contributed by atoms with Gasteiger partial charge in [-0.2, -0.15) is 0 Å². The Kier molecular flexibility index (Phi) is 6.68. The second-order valence-corrected chi connectivity index (χ2v) is 6.63. The summed E-state index contributed by atoms with van der Waals surface area (Å²) in [5, 5.41) is 3.12. The molecule has 0 aliphatic carbocycles. The molecule has 0 atom stereocenters. The molecule has 29 heavy (non-hydrogen) atoms. The highest BCUT2D eigenvalue weighted by atomic mass is 16.5. The number of nitrogens with two attached hydrogens (primary N) is 1. The van der Waals surface area contributed by atoms with Gasteiger partial charge >= 0.3 is 0 Å². The molecule has 0 radical (unpaired) electrons. The van der Waals surface area contributed by atoms with Gasteiger partial charge in [-0.05, 0) is 79.9 Å². The SMILES string of the molecule is CCOc1ccc(Oc2cc(CN=C(N)Nc3ccc(C)c(C)c3)ccn2)cc1. The van der Waals surface area contributed by atoms with Gasteiger partial charge in [0.1, 0.15) is 11.5 Å². The Bertz CT molecular complexity index is 984. The molecular weight excluding hydrogens is 364 g/mol. The number of benzene rings is 2. The molecule has 0 aliphatic rings. The van der Waals surface area contributed by atoms with Crippen molar-refractivity contribution in [2.24, 2.45) is 10.7 Å². The number of pyridine rings is 1. The van der Waals surface area contributed by atoms with Crippen LogP contribution < -0.4 is 20.5 Å². The monoisotopic (exact) mass is 390 g/mol. The number of aromatic nitrogens is 1. The second-order valence-electron chi connectivity index (χ2n) is 6.63. The first-order valence-electron chi connectivity index (χ1n) is 9.53. The third-order valence-corrected chi connectivity index (χ3v) is 4.37. The van der Waals surface area contributed by atoms with Gasteiger partial charge in [0.2, 0.25) is 5.88 Å². The predicted octanol–water partition coefficient (Wildman–Crippen LogP) is 4.82. The number of anilines is 1. The number of guanidine groups is 1. The van der Waals surface area contributed by atoms with Crippen LogP contribution in [0.15, 0.2) is 65.8 Å². The van der Waals surface area contributed by atoms with E-state index >= 15 is 0 Å². The molecule has 2 aromatic carbocycles. The summed E-state index contributed by atoms with van der Waals surface area (Å²) in [7, 11) is 0. The minimum absolute atomic E-state index is 0.360. The fraction of sp³-hybridized carbons (Fsp3) is 0.217. The van der Waals surface area contributed by atoms with Crippen LogP contribution in [-0.4, -0.2) is 17.6 Å². The molecular formula is C23H26N4O2. The zero-order valence-electron chi connectivity index (χ0n) is 17.0. The minimum atomic E-state index is 0.360. The van der Waals surface area contributed by atoms with Crippen molar-refractivity contribution in [2.75, 3.05) is 11.9 Å². The second kappa shape index (κ2) is 9.59. The molecule has 0 bridgehead atoms. The summed E-state index contributed by atoms with van der Waals surface area (Å²) in [6.45, 7) is 7.15. The molecule has 0 spiro atoms. The Morgan fingerprint density at radius 2 is 1.76 bits per heavy atom. The van der Waals surface area contributed by atoms with Gasteiger partial charge in [-0.3, -0.25) is 0 Å². The average Bonchev–Trinajstić information content (AvgIpc) is 2.71. The number of aryl methyl sites for hydroxylation is 2. The largest absolute Gasteiger partial charge is 0.494 e. The van der Waals surface area contributed by atoms with Gasteiger partial charge in [0.05, 0.1) is 13.2 Å². The molecule has 6 nitrogen and oxygen atoms in total. The zero-order valence-corrected chi connectivity index (χ0v) is 17.0. The van der Waals surface area contributed by atoms with Gasteiger partial charge in [0.25, 0.3) is 0 Å². The molecule has 150 valence electrons. The van der Waals surface area contributed by atoms with E-state index in [0.717, 1.165) is 17.0 Å². The fourth-order valence-electron chi connectivity index (χ4n) is 2.68. The first-order valence-corrected chi connectivity index (χ1v) is 9.53.